The minimum Gasteiger partial charge on any atom is -0.479 e. The minimum atomic E-state index is -0.702. The van der Waals surface area contributed by atoms with Crippen LogP contribution in [0.4, 0.5) is 0 Å². The molecule has 0 spiro atoms. The zero-order chi connectivity index (χ0) is 16.0. The van der Waals surface area contributed by atoms with Crippen molar-refractivity contribution in [3.8, 4) is 5.75 Å². The molecule has 0 bridgehead atoms. The predicted molar refractivity (Wildman–Crippen MR) is 88.5 cm³/mol. The predicted octanol–water partition coefficient (Wildman–Crippen LogP) is 2.99. The van der Waals surface area contributed by atoms with Crippen molar-refractivity contribution < 1.29 is 14.6 Å². The van der Waals surface area contributed by atoms with Crippen molar-refractivity contribution in [1.82, 2.24) is 5.32 Å². The molecule has 0 aromatic heterocycles. The summed E-state index contributed by atoms with van der Waals surface area (Å²) in [5.41, 5.74) is 0. The van der Waals surface area contributed by atoms with E-state index in [0.29, 0.717) is 15.8 Å². The van der Waals surface area contributed by atoms with E-state index in [-0.39, 0.29) is 23.8 Å². The summed E-state index contributed by atoms with van der Waals surface area (Å²) in [5, 5.41) is 12.8. The fourth-order valence-electron chi connectivity index (χ4n) is 1.69. The van der Waals surface area contributed by atoms with Gasteiger partial charge in [-0.25, -0.2) is 0 Å². The van der Waals surface area contributed by atoms with Crippen molar-refractivity contribution in [2.45, 2.75) is 31.2 Å². The van der Waals surface area contributed by atoms with Gasteiger partial charge < -0.3 is 15.2 Å². The molecule has 7 heteroatoms. The number of benzene rings is 1. The molecule has 0 radical (unpaired) electrons. The summed E-state index contributed by atoms with van der Waals surface area (Å²) in [6.45, 7) is 3.48. The number of halogens is 2. The van der Waals surface area contributed by atoms with E-state index in [1.54, 1.807) is 25.1 Å². The van der Waals surface area contributed by atoms with Gasteiger partial charge in [0.25, 0.3) is 5.91 Å². The molecule has 1 aromatic carbocycles. The third kappa shape index (κ3) is 5.58. The Morgan fingerprint density at radius 2 is 2.10 bits per heavy atom. The van der Waals surface area contributed by atoms with Crippen LogP contribution in [0.3, 0.4) is 0 Å². The van der Waals surface area contributed by atoms with Crippen molar-refractivity contribution >= 4 is 40.9 Å². The first-order chi connectivity index (χ1) is 9.88. The van der Waals surface area contributed by atoms with Crippen molar-refractivity contribution in [2.24, 2.45) is 0 Å². The lowest BCUT2D eigenvalue weighted by Crippen LogP contribution is -2.46. The van der Waals surface area contributed by atoms with Gasteiger partial charge >= 0.3 is 0 Å². The number of ether oxygens (including phenoxy) is 1. The lowest BCUT2D eigenvalue weighted by atomic mass is 10.2. The van der Waals surface area contributed by atoms with E-state index in [1.165, 1.54) is 11.8 Å². The molecule has 4 nitrogen and oxygen atoms in total. The minimum absolute atomic E-state index is 0.000857. The van der Waals surface area contributed by atoms with Crippen LogP contribution in [0.15, 0.2) is 18.2 Å². The topological polar surface area (TPSA) is 58.6 Å². The molecule has 0 aliphatic carbocycles. The lowest BCUT2D eigenvalue weighted by Gasteiger charge is -2.23. The highest BCUT2D eigenvalue weighted by atomic mass is 35.5. The number of thioether (sulfide) groups is 1. The molecule has 21 heavy (non-hydrogen) atoms. The second-order valence-corrected chi connectivity index (χ2v) is 6.51. The highest BCUT2D eigenvalue weighted by Crippen LogP contribution is 2.28. The SMILES string of the molecule is CSC(CO)C(C)NC(=O)C(C)Oc1ccc(Cl)cc1Cl. The van der Waals surface area contributed by atoms with Crippen molar-refractivity contribution in [3.05, 3.63) is 28.2 Å². The van der Waals surface area contributed by atoms with E-state index in [1.807, 2.05) is 13.2 Å². The highest BCUT2D eigenvalue weighted by Gasteiger charge is 2.22. The van der Waals surface area contributed by atoms with E-state index in [9.17, 15) is 9.90 Å². The van der Waals surface area contributed by atoms with Crippen LogP contribution >= 0.6 is 35.0 Å². The van der Waals surface area contributed by atoms with Gasteiger partial charge in [0, 0.05) is 16.3 Å². The molecule has 0 heterocycles. The van der Waals surface area contributed by atoms with Gasteiger partial charge in [-0.15, -0.1) is 0 Å². The molecular formula is C14H19Cl2NO3S. The fraction of sp³-hybridized carbons (Fsp3) is 0.500. The van der Waals surface area contributed by atoms with Gasteiger partial charge in [-0.3, -0.25) is 4.79 Å². The average molecular weight is 352 g/mol. The Hall–Kier alpha value is -0.620. The largest absolute Gasteiger partial charge is 0.479 e. The summed E-state index contributed by atoms with van der Waals surface area (Å²) in [6, 6.07) is 4.66. The number of carbonyl (C=O) groups excluding carboxylic acids is 1. The number of aliphatic hydroxyl groups is 1. The molecule has 3 atom stereocenters. The van der Waals surface area contributed by atoms with Crippen molar-refractivity contribution in [2.75, 3.05) is 12.9 Å². The summed E-state index contributed by atoms with van der Waals surface area (Å²) >= 11 is 13.3. The first kappa shape index (κ1) is 18.4. The van der Waals surface area contributed by atoms with Crippen LogP contribution in [0.2, 0.25) is 10.0 Å². The summed E-state index contributed by atoms with van der Waals surface area (Å²) in [4.78, 5) is 12.1. The number of hydrogen-bond donors (Lipinski definition) is 2. The van der Waals surface area contributed by atoms with Gasteiger partial charge in [-0.05, 0) is 38.3 Å². The molecule has 1 aromatic rings. The number of amides is 1. The van der Waals surface area contributed by atoms with E-state index < -0.39 is 6.10 Å². The number of rotatable bonds is 7. The lowest BCUT2D eigenvalue weighted by molar-refractivity contribution is -0.127. The van der Waals surface area contributed by atoms with Crippen LogP contribution in [0, 0.1) is 0 Å². The Morgan fingerprint density at radius 1 is 1.43 bits per heavy atom. The maximum atomic E-state index is 12.1. The number of carbonyl (C=O) groups is 1. The Bertz CT molecular complexity index is 483. The molecule has 2 N–H and O–H groups in total. The Balaban J connectivity index is 2.62. The van der Waals surface area contributed by atoms with Gasteiger partial charge in [-0.2, -0.15) is 11.8 Å². The third-order valence-corrected chi connectivity index (χ3v) is 4.67. The van der Waals surface area contributed by atoms with Crippen LogP contribution in [0.25, 0.3) is 0 Å². The van der Waals surface area contributed by atoms with Crippen LogP contribution < -0.4 is 10.1 Å². The molecular weight excluding hydrogens is 333 g/mol. The Morgan fingerprint density at radius 3 is 2.62 bits per heavy atom. The first-order valence-electron chi connectivity index (χ1n) is 6.44. The molecule has 1 amide bonds. The smallest absolute Gasteiger partial charge is 0.261 e. The van der Waals surface area contributed by atoms with Crippen molar-refractivity contribution in [3.63, 3.8) is 0 Å². The Kier molecular flexibility index (Phi) is 7.66. The summed E-state index contributed by atoms with van der Waals surface area (Å²) in [6.07, 6.45) is 1.18. The fourth-order valence-corrected chi connectivity index (χ4v) is 2.76. The van der Waals surface area contributed by atoms with Crippen LogP contribution in [-0.2, 0) is 4.79 Å². The van der Waals surface area contributed by atoms with Gasteiger partial charge in [0.15, 0.2) is 6.10 Å². The zero-order valence-corrected chi connectivity index (χ0v) is 14.4. The molecule has 0 aliphatic rings. The normalized spacial score (nSPS) is 15.1. The van der Waals surface area contributed by atoms with E-state index >= 15 is 0 Å². The van der Waals surface area contributed by atoms with Crippen LogP contribution in [0.1, 0.15) is 13.8 Å². The van der Waals surface area contributed by atoms with E-state index in [4.69, 9.17) is 27.9 Å². The molecule has 3 unspecified atom stereocenters. The maximum Gasteiger partial charge on any atom is 0.261 e. The number of aliphatic hydroxyl groups excluding tert-OH is 1. The molecule has 0 saturated heterocycles. The average Bonchev–Trinajstić information content (AvgIpc) is 2.43. The van der Waals surface area contributed by atoms with Crippen LogP contribution in [0.5, 0.6) is 5.75 Å². The van der Waals surface area contributed by atoms with Gasteiger partial charge in [0.05, 0.1) is 11.6 Å². The second-order valence-electron chi connectivity index (χ2n) is 4.59. The monoisotopic (exact) mass is 351 g/mol. The number of hydrogen-bond acceptors (Lipinski definition) is 4. The van der Waals surface area contributed by atoms with Gasteiger partial charge in [-0.1, -0.05) is 23.2 Å². The second kappa shape index (κ2) is 8.73. The van der Waals surface area contributed by atoms with Gasteiger partial charge in [0.2, 0.25) is 0 Å². The molecule has 0 saturated carbocycles. The van der Waals surface area contributed by atoms with Crippen molar-refractivity contribution in [1.29, 1.82) is 0 Å². The maximum absolute atomic E-state index is 12.1. The van der Waals surface area contributed by atoms with E-state index in [0.717, 1.165) is 0 Å². The summed E-state index contributed by atoms with van der Waals surface area (Å²) < 4.78 is 5.54. The molecule has 118 valence electrons. The zero-order valence-electron chi connectivity index (χ0n) is 12.1. The Labute approximate surface area is 139 Å². The first-order valence-corrected chi connectivity index (χ1v) is 8.49. The standard InChI is InChI=1S/C14H19Cl2NO3S/c1-8(13(7-18)21-3)17-14(19)9(2)20-12-5-4-10(15)6-11(12)16/h4-6,8-9,13,18H,7H2,1-3H3,(H,17,19). The summed E-state index contributed by atoms with van der Waals surface area (Å²) in [7, 11) is 0. The quantitative estimate of drug-likeness (QED) is 0.792. The van der Waals surface area contributed by atoms with Gasteiger partial charge in [0.1, 0.15) is 5.75 Å². The summed E-state index contributed by atoms with van der Waals surface area (Å²) in [5.74, 6) is 0.140. The highest BCUT2D eigenvalue weighted by molar-refractivity contribution is 7.99. The molecule has 0 fully saturated rings. The van der Waals surface area contributed by atoms with Crippen LogP contribution in [-0.4, -0.2) is 41.3 Å². The number of nitrogens with one attached hydrogen (secondary N) is 1. The van der Waals surface area contributed by atoms with E-state index in [2.05, 4.69) is 5.32 Å². The molecule has 0 aliphatic heterocycles. The third-order valence-electron chi connectivity index (χ3n) is 2.98. The molecule has 1 rings (SSSR count).